The third kappa shape index (κ3) is 3.52. The zero-order valence-electron chi connectivity index (χ0n) is 11.3. The number of phenols is 1. The van der Waals surface area contributed by atoms with E-state index in [1.54, 1.807) is 0 Å². The summed E-state index contributed by atoms with van der Waals surface area (Å²) < 4.78 is 5.03. The van der Waals surface area contributed by atoms with E-state index >= 15 is 0 Å². The summed E-state index contributed by atoms with van der Waals surface area (Å²) in [6.45, 7) is -0.525. The lowest BCUT2D eigenvalue weighted by Crippen LogP contribution is -2.55. The van der Waals surface area contributed by atoms with Crippen molar-refractivity contribution in [2.24, 2.45) is 5.92 Å². The Bertz CT molecular complexity index is 449. The second-order valence-electron chi connectivity index (χ2n) is 5.24. The smallest absolute Gasteiger partial charge is 0.160 e. The summed E-state index contributed by atoms with van der Waals surface area (Å²) in [5.41, 5.74) is 0.506. The van der Waals surface area contributed by atoms with Gasteiger partial charge in [0, 0.05) is 5.92 Å². The molecule has 7 nitrogen and oxygen atoms in total. The van der Waals surface area contributed by atoms with Gasteiger partial charge in [0.05, 0.1) is 18.8 Å². The fraction of sp³-hybridized carbons (Fsp3) is 0.571. The molecule has 1 aromatic rings. The zero-order valence-corrected chi connectivity index (χ0v) is 11.3. The minimum atomic E-state index is -1.40. The summed E-state index contributed by atoms with van der Waals surface area (Å²) in [6, 6.07) is 5.88. The molecule has 21 heavy (non-hydrogen) atoms. The molecule has 0 aliphatic carbocycles. The van der Waals surface area contributed by atoms with Crippen LogP contribution in [0.4, 0.5) is 0 Å². The van der Waals surface area contributed by atoms with Gasteiger partial charge in [0.1, 0.15) is 18.0 Å². The molecule has 2 unspecified atom stereocenters. The Morgan fingerprint density at radius 2 is 1.67 bits per heavy atom. The quantitative estimate of drug-likeness (QED) is 0.414. The van der Waals surface area contributed by atoms with E-state index < -0.39 is 43.2 Å². The van der Waals surface area contributed by atoms with Crippen LogP contribution in [0.3, 0.4) is 0 Å². The van der Waals surface area contributed by atoms with E-state index in [0.717, 1.165) is 0 Å². The van der Waals surface area contributed by atoms with Crippen LogP contribution in [-0.4, -0.2) is 61.8 Å². The van der Waals surface area contributed by atoms with Crippen molar-refractivity contribution in [3.8, 4) is 5.75 Å². The fourth-order valence-corrected chi connectivity index (χ4v) is 2.50. The van der Waals surface area contributed by atoms with Gasteiger partial charge in [-0.15, -0.1) is 0 Å². The lowest BCUT2D eigenvalue weighted by molar-refractivity contribution is -0.273. The molecule has 0 spiro atoms. The van der Waals surface area contributed by atoms with Gasteiger partial charge in [-0.2, -0.15) is 0 Å². The predicted octanol–water partition coefficient (Wildman–Crippen LogP) is -1.14. The summed E-state index contributed by atoms with van der Waals surface area (Å²) in [5.74, 6) is -0.833. The minimum Gasteiger partial charge on any atom is -0.508 e. The van der Waals surface area contributed by atoms with E-state index in [4.69, 9.17) is 9.84 Å². The zero-order chi connectivity index (χ0) is 15.6. The number of phenolic OH excluding ortho intramolecular Hbond substituents is 1. The first kappa shape index (κ1) is 16.2. The number of hydrogen-bond acceptors (Lipinski definition) is 7. The molecule has 0 aromatic heterocycles. The summed E-state index contributed by atoms with van der Waals surface area (Å²) in [4.78, 5) is 0. The maximum Gasteiger partial charge on any atom is 0.160 e. The molecule has 1 fully saturated rings. The third-order valence-corrected chi connectivity index (χ3v) is 3.80. The molecule has 1 heterocycles. The van der Waals surface area contributed by atoms with Gasteiger partial charge in [-0.25, -0.2) is 0 Å². The van der Waals surface area contributed by atoms with Crippen molar-refractivity contribution in [3.63, 3.8) is 0 Å². The number of aliphatic hydroxyl groups excluding tert-OH is 5. The number of benzene rings is 1. The standard InChI is InChI=1S/C14H20O7/c15-6-11-13(19)12(18)9(14(20)21-11)5-10(17)7-1-3-8(16)4-2-7/h1-4,9-20H,5-6H2/t9-,10?,11-,12-,13-,14?/m0/s1. The first-order valence-electron chi connectivity index (χ1n) is 6.71. The molecule has 6 atom stereocenters. The molecule has 1 aliphatic rings. The molecule has 2 rings (SSSR count). The SMILES string of the molecule is OC[C@@H]1OC(O)[C@@H](CC(O)c2ccc(O)cc2)[C@H](O)[C@H]1O. The van der Waals surface area contributed by atoms with Crippen LogP contribution in [0, 0.1) is 5.92 Å². The number of ether oxygens (including phenoxy) is 1. The lowest BCUT2D eigenvalue weighted by atomic mass is 9.85. The average Bonchev–Trinajstić information content (AvgIpc) is 2.47. The number of rotatable bonds is 4. The first-order chi connectivity index (χ1) is 9.93. The van der Waals surface area contributed by atoms with Crippen LogP contribution >= 0.6 is 0 Å². The van der Waals surface area contributed by atoms with Crippen molar-refractivity contribution in [1.82, 2.24) is 0 Å². The predicted molar refractivity (Wildman–Crippen MR) is 71.2 cm³/mol. The van der Waals surface area contributed by atoms with Crippen molar-refractivity contribution in [2.75, 3.05) is 6.61 Å². The molecule has 118 valence electrons. The van der Waals surface area contributed by atoms with Gasteiger partial charge in [-0.3, -0.25) is 0 Å². The Hall–Kier alpha value is -1.22. The molecule has 6 N–H and O–H groups in total. The minimum absolute atomic E-state index is 0.0394. The Kier molecular flexibility index (Phi) is 5.15. The van der Waals surface area contributed by atoms with Crippen LogP contribution in [0.15, 0.2) is 24.3 Å². The second-order valence-corrected chi connectivity index (χ2v) is 5.24. The summed E-state index contributed by atoms with van der Waals surface area (Å²) in [7, 11) is 0. The number of hydrogen-bond donors (Lipinski definition) is 6. The molecule has 0 amide bonds. The Balaban J connectivity index is 2.05. The van der Waals surface area contributed by atoms with Crippen molar-refractivity contribution < 1.29 is 35.4 Å². The Morgan fingerprint density at radius 1 is 1.05 bits per heavy atom. The third-order valence-electron chi connectivity index (χ3n) is 3.80. The highest BCUT2D eigenvalue weighted by Gasteiger charge is 2.44. The monoisotopic (exact) mass is 300 g/mol. The van der Waals surface area contributed by atoms with Crippen molar-refractivity contribution in [2.45, 2.75) is 37.1 Å². The van der Waals surface area contributed by atoms with Gasteiger partial charge in [-0.1, -0.05) is 12.1 Å². The van der Waals surface area contributed by atoms with Gasteiger partial charge in [0.25, 0.3) is 0 Å². The van der Waals surface area contributed by atoms with Crippen LogP contribution in [0.5, 0.6) is 5.75 Å². The van der Waals surface area contributed by atoms with E-state index in [1.165, 1.54) is 24.3 Å². The lowest BCUT2D eigenvalue weighted by Gasteiger charge is -2.40. The van der Waals surface area contributed by atoms with Crippen LogP contribution < -0.4 is 0 Å². The van der Waals surface area contributed by atoms with E-state index in [9.17, 15) is 25.5 Å². The molecule has 1 aromatic carbocycles. The van der Waals surface area contributed by atoms with Gasteiger partial charge >= 0.3 is 0 Å². The van der Waals surface area contributed by atoms with Crippen molar-refractivity contribution in [1.29, 1.82) is 0 Å². The van der Waals surface area contributed by atoms with Crippen LogP contribution in [0.1, 0.15) is 18.1 Å². The van der Waals surface area contributed by atoms with Crippen LogP contribution in [0.2, 0.25) is 0 Å². The van der Waals surface area contributed by atoms with E-state index in [0.29, 0.717) is 5.56 Å². The van der Waals surface area contributed by atoms with Crippen molar-refractivity contribution >= 4 is 0 Å². The molecule has 0 radical (unpaired) electrons. The largest absolute Gasteiger partial charge is 0.508 e. The van der Waals surface area contributed by atoms with E-state index in [2.05, 4.69) is 0 Å². The summed E-state index contributed by atoms with van der Waals surface area (Å²) in [6.07, 6.45) is -6.15. The number of aliphatic hydroxyl groups is 5. The van der Waals surface area contributed by atoms with Gasteiger partial charge in [-0.05, 0) is 24.1 Å². The topological polar surface area (TPSA) is 131 Å². The van der Waals surface area contributed by atoms with Crippen molar-refractivity contribution in [3.05, 3.63) is 29.8 Å². The molecule has 0 bridgehead atoms. The number of aromatic hydroxyl groups is 1. The fourth-order valence-electron chi connectivity index (χ4n) is 2.50. The van der Waals surface area contributed by atoms with Gasteiger partial charge < -0.3 is 35.4 Å². The van der Waals surface area contributed by atoms with Gasteiger partial charge in [0.15, 0.2) is 6.29 Å². The molecular formula is C14H20O7. The average molecular weight is 300 g/mol. The second kappa shape index (κ2) is 6.69. The maximum atomic E-state index is 10.1. The normalized spacial score (nSPS) is 34.6. The highest BCUT2D eigenvalue weighted by Crippen LogP contribution is 2.32. The molecule has 1 saturated heterocycles. The maximum absolute atomic E-state index is 10.1. The van der Waals surface area contributed by atoms with E-state index in [1.807, 2.05) is 0 Å². The highest BCUT2D eigenvalue weighted by molar-refractivity contribution is 5.27. The van der Waals surface area contributed by atoms with Crippen LogP contribution in [-0.2, 0) is 4.74 Å². The molecular weight excluding hydrogens is 280 g/mol. The Labute approximate surface area is 121 Å². The molecule has 7 heteroatoms. The summed E-state index contributed by atoms with van der Waals surface area (Å²) >= 11 is 0. The summed E-state index contributed by atoms with van der Waals surface area (Å²) in [5, 5.41) is 57.9. The molecule has 1 aliphatic heterocycles. The first-order valence-corrected chi connectivity index (χ1v) is 6.71. The molecule has 0 saturated carbocycles. The van der Waals surface area contributed by atoms with Crippen LogP contribution in [0.25, 0.3) is 0 Å². The van der Waals surface area contributed by atoms with Gasteiger partial charge in [0.2, 0.25) is 0 Å². The highest BCUT2D eigenvalue weighted by atomic mass is 16.6. The van der Waals surface area contributed by atoms with E-state index in [-0.39, 0.29) is 12.2 Å². The Morgan fingerprint density at radius 3 is 2.24 bits per heavy atom.